The largest absolute Gasteiger partial charge is 0.481 e. The lowest BCUT2D eigenvalue weighted by atomic mass is 9.80. The number of carbonyl (C=O) groups is 1. The van der Waals surface area contributed by atoms with Gasteiger partial charge < -0.3 is 10.4 Å². The van der Waals surface area contributed by atoms with Crippen molar-refractivity contribution in [1.82, 2.24) is 5.32 Å². The molecule has 3 nitrogen and oxygen atoms in total. The molecule has 3 heteroatoms. The molecule has 3 atom stereocenters. The smallest absolute Gasteiger partial charge is 0.309 e. The van der Waals surface area contributed by atoms with Gasteiger partial charge in [0.1, 0.15) is 0 Å². The summed E-state index contributed by atoms with van der Waals surface area (Å²) in [6.45, 7) is 9.00. The number of hydrogen-bond acceptors (Lipinski definition) is 2. The van der Waals surface area contributed by atoms with E-state index in [-0.39, 0.29) is 0 Å². The maximum Gasteiger partial charge on any atom is 0.309 e. The molecule has 1 fully saturated rings. The normalized spacial score (nSPS) is 30.2. The number of rotatable bonds is 5. The zero-order chi connectivity index (χ0) is 13.1. The molecule has 0 spiro atoms. The lowest BCUT2D eigenvalue weighted by Gasteiger charge is -2.34. The Labute approximate surface area is 105 Å². The van der Waals surface area contributed by atoms with Gasteiger partial charge in [0.05, 0.1) is 5.41 Å². The van der Waals surface area contributed by atoms with Crippen molar-refractivity contribution in [2.45, 2.75) is 59.4 Å². The lowest BCUT2D eigenvalue weighted by molar-refractivity contribution is -0.147. The van der Waals surface area contributed by atoms with E-state index in [1.807, 2.05) is 0 Å². The molecule has 0 aromatic rings. The van der Waals surface area contributed by atoms with E-state index < -0.39 is 11.4 Å². The Kier molecular flexibility index (Phi) is 4.99. The van der Waals surface area contributed by atoms with Crippen LogP contribution in [0.1, 0.15) is 53.4 Å². The SMILES string of the molecule is CC1CCC(C)C(NCCC(C)(C)C(=O)O)C1. The second kappa shape index (κ2) is 5.85. The highest BCUT2D eigenvalue weighted by atomic mass is 16.4. The van der Waals surface area contributed by atoms with Gasteiger partial charge >= 0.3 is 5.97 Å². The molecule has 1 rings (SSSR count). The summed E-state index contributed by atoms with van der Waals surface area (Å²) in [7, 11) is 0. The average Bonchev–Trinajstić information content (AvgIpc) is 2.22. The molecule has 1 saturated carbocycles. The second-order valence-corrected chi connectivity index (χ2v) is 6.40. The molecule has 1 aliphatic rings. The van der Waals surface area contributed by atoms with E-state index in [2.05, 4.69) is 19.2 Å². The summed E-state index contributed by atoms with van der Waals surface area (Å²) in [5.41, 5.74) is -0.615. The fourth-order valence-electron chi connectivity index (χ4n) is 2.49. The summed E-state index contributed by atoms with van der Waals surface area (Å²) in [6.07, 6.45) is 4.55. The maximum absolute atomic E-state index is 11.0. The van der Waals surface area contributed by atoms with Gasteiger partial charge in [-0.1, -0.05) is 20.3 Å². The van der Waals surface area contributed by atoms with Crippen LogP contribution in [0.2, 0.25) is 0 Å². The van der Waals surface area contributed by atoms with Crippen LogP contribution < -0.4 is 5.32 Å². The first kappa shape index (κ1) is 14.5. The van der Waals surface area contributed by atoms with Crippen molar-refractivity contribution >= 4 is 5.97 Å². The van der Waals surface area contributed by atoms with Gasteiger partial charge in [-0.15, -0.1) is 0 Å². The Morgan fingerprint density at radius 3 is 2.59 bits per heavy atom. The molecule has 0 aliphatic heterocycles. The minimum absolute atomic E-state index is 0.573. The van der Waals surface area contributed by atoms with Crippen LogP contribution >= 0.6 is 0 Å². The molecule has 0 saturated heterocycles. The number of hydrogen-bond donors (Lipinski definition) is 2. The zero-order valence-corrected chi connectivity index (χ0v) is 11.6. The van der Waals surface area contributed by atoms with Gasteiger partial charge in [-0.05, 0) is 51.5 Å². The van der Waals surface area contributed by atoms with Crippen molar-refractivity contribution in [2.75, 3.05) is 6.54 Å². The predicted molar refractivity (Wildman–Crippen MR) is 70.0 cm³/mol. The summed E-state index contributed by atoms with van der Waals surface area (Å²) in [4.78, 5) is 11.0. The summed E-state index contributed by atoms with van der Waals surface area (Å²) < 4.78 is 0. The van der Waals surface area contributed by atoms with Crippen molar-refractivity contribution < 1.29 is 9.90 Å². The third-order valence-electron chi connectivity index (χ3n) is 4.19. The molecule has 2 N–H and O–H groups in total. The quantitative estimate of drug-likeness (QED) is 0.778. The number of nitrogens with one attached hydrogen (secondary N) is 1. The van der Waals surface area contributed by atoms with Crippen LogP contribution in [0.25, 0.3) is 0 Å². The third-order valence-corrected chi connectivity index (χ3v) is 4.19. The highest BCUT2D eigenvalue weighted by Crippen LogP contribution is 2.28. The molecule has 17 heavy (non-hydrogen) atoms. The van der Waals surface area contributed by atoms with E-state index in [0.717, 1.165) is 18.4 Å². The molecule has 1 aliphatic carbocycles. The Morgan fingerprint density at radius 1 is 1.35 bits per heavy atom. The van der Waals surface area contributed by atoms with Gasteiger partial charge in [0, 0.05) is 6.04 Å². The highest BCUT2D eigenvalue weighted by Gasteiger charge is 2.28. The fraction of sp³-hybridized carbons (Fsp3) is 0.929. The van der Waals surface area contributed by atoms with Crippen LogP contribution in [-0.2, 0) is 4.79 Å². The number of carboxylic acid groups (broad SMARTS) is 1. The van der Waals surface area contributed by atoms with E-state index in [9.17, 15) is 4.79 Å². The maximum atomic E-state index is 11.0. The summed E-state index contributed by atoms with van der Waals surface area (Å²) in [6, 6.07) is 0.573. The van der Waals surface area contributed by atoms with Crippen molar-refractivity contribution in [1.29, 1.82) is 0 Å². The summed E-state index contributed by atoms with van der Waals surface area (Å²) >= 11 is 0. The van der Waals surface area contributed by atoms with Gasteiger partial charge in [-0.2, -0.15) is 0 Å². The Bertz CT molecular complexity index is 263. The Morgan fingerprint density at radius 2 is 2.00 bits per heavy atom. The first-order chi connectivity index (χ1) is 7.83. The van der Waals surface area contributed by atoms with Crippen LogP contribution in [0, 0.1) is 17.3 Å². The lowest BCUT2D eigenvalue weighted by Crippen LogP contribution is -2.41. The number of carboxylic acids is 1. The van der Waals surface area contributed by atoms with Crippen molar-refractivity contribution in [2.24, 2.45) is 17.3 Å². The van der Waals surface area contributed by atoms with Gasteiger partial charge in [-0.3, -0.25) is 4.79 Å². The molecule has 0 amide bonds. The monoisotopic (exact) mass is 241 g/mol. The van der Waals surface area contributed by atoms with Gasteiger partial charge in [0.2, 0.25) is 0 Å². The third kappa shape index (κ3) is 4.30. The van der Waals surface area contributed by atoms with Crippen LogP contribution in [-0.4, -0.2) is 23.7 Å². The predicted octanol–water partition coefficient (Wildman–Crippen LogP) is 2.90. The molecular weight excluding hydrogens is 214 g/mol. The van der Waals surface area contributed by atoms with Gasteiger partial charge in [-0.25, -0.2) is 0 Å². The minimum Gasteiger partial charge on any atom is -0.481 e. The molecule has 0 aromatic carbocycles. The Hall–Kier alpha value is -0.570. The fourth-order valence-corrected chi connectivity index (χ4v) is 2.49. The first-order valence-electron chi connectivity index (χ1n) is 6.79. The molecule has 100 valence electrons. The van der Waals surface area contributed by atoms with Crippen molar-refractivity contribution in [3.8, 4) is 0 Å². The average molecular weight is 241 g/mol. The molecule has 0 radical (unpaired) electrons. The topological polar surface area (TPSA) is 49.3 Å². The minimum atomic E-state index is -0.704. The van der Waals surface area contributed by atoms with Crippen molar-refractivity contribution in [3.05, 3.63) is 0 Å². The highest BCUT2D eigenvalue weighted by molar-refractivity contribution is 5.73. The number of aliphatic carboxylic acids is 1. The van der Waals surface area contributed by atoms with E-state index in [4.69, 9.17) is 5.11 Å². The van der Waals surface area contributed by atoms with Crippen LogP contribution in [0.15, 0.2) is 0 Å². The van der Waals surface area contributed by atoms with Crippen LogP contribution in [0.4, 0.5) is 0 Å². The zero-order valence-electron chi connectivity index (χ0n) is 11.6. The summed E-state index contributed by atoms with van der Waals surface area (Å²) in [5, 5.41) is 12.6. The van der Waals surface area contributed by atoms with Gasteiger partial charge in [0.25, 0.3) is 0 Å². The van der Waals surface area contributed by atoms with Crippen molar-refractivity contribution in [3.63, 3.8) is 0 Å². The van der Waals surface area contributed by atoms with E-state index in [1.54, 1.807) is 13.8 Å². The summed E-state index contributed by atoms with van der Waals surface area (Å²) in [5.74, 6) is 0.819. The standard InChI is InChI=1S/C14H27NO2/c1-10-5-6-11(2)12(9-10)15-8-7-14(3,4)13(16)17/h10-12,15H,5-9H2,1-4H3,(H,16,17). The molecule has 0 heterocycles. The Balaban J connectivity index is 2.32. The van der Waals surface area contributed by atoms with E-state index in [0.29, 0.717) is 12.5 Å². The second-order valence-electron chi connectivity index (χ2n) is 6.40. The van der Waals surface area contributed by atoms with Gasteiger partial charge in [0.15, 0.2) is 0 Å². The first-order valence-corrected chi connectivity index (χ1v) is 6.79. The molecule has 3 unspecified atom stereocenters. The molecule has 0 bridgehead atoms. The molecule has 0 aromatic heterocycles. The van der Waals surface area contributed by atoms with Crippen LogP contribution in [0.3, 0.4) is 0 Å². The van der Waals surface area contributed by atoms with Crippen LogP contribution in [0.5, 0.6) is 0 Å². The van der Waals surface area contributed by atoms with E-state index in [1.165, 1.54) is 19.3 Å². The van der Waals surface area contributed by atoms with E-state index >= 15 is 0 Å². The molecular formula is C14H27NO2.